The number of benzene rings is 18. The van der Waals surface area contributed by atoms with Crippen molar-refractivity contribution in [1.29, 1.82) is 0 Å². The molecule has 0 aliphatic carbocycles. The van der Waals surface area contributed by atoms with Crippen LogP contribution < -0.4 is 0 Å². The average Bonchev–Trinajstić information content (AvgIpc) is 1.58. The Morgan fingerprint density at radius 2 is 0.342 bits per heavy atom. The largest absolute Gasteiger partial charge is 0.309 e. The highest BCUT2D eigenvalue weighted by Gasteiger charge is 2.22. The first-order valence-corrected chi connectivity index (χ1v) is 39.8. The highest BCUT2D eigenvalue weighted by atomic mass is 15.0. The molecule has 24 aromatic rings. The lowest BCUT2D eigenvalue weighted by atomic mass is 10.00. The first kappa shape index (κ1) is 68.1. The van der Waals surface area contributed by atoms with Crippen LogP contribution in [-0.4, -0.2) is 33.6 Å². The van der Waals surface area contributed by atoms with E-state index in [-0.39, 0.29) is 0 Å². The van der Waals surface area contributed by atoms with Crippen molar-refractivity contribution in [3.63, 3.8) is 0 Å². The van der Waals surface area contributed by atoms with E-state index in [0.29, 0.717) is 0 Å². The Bertz CT molecular complexity index is 6620. The smallest absolute Gasteiger partial charge is 0.160 e. The molecule has 6 heterocycles. The van der Waals surface area contributed by atoms with E-state index in [2.05, 4.69) is 390 Å². The second-order valence-electron chi connectivity index (χ2n) is 30.0. The molecule has 7 nitrogen and oxygen atoms in total. The predicted octanol–water partition coefficient (Wildman–Crippen LogP) is 28.7. The van der Waals surface area contributed by atoms with Crippen molar-refractivity contribution < 1.29 is 0 Å². The molecular weight excluding hydrogens is 1420 g/mol. The molecule has 0 saturated carbocycles. The fourth-order valence-electron chi connectivity index (χ4n) is 17.6. The summed E-state index contributed by atoms with van der Waals surface area (Å²) in [7, 11) is 0. The van der Waals surface area contributed by atoms with Crippen LogP contribution in [0.1, 0.15) is 0 Å². The van der Waals surface area contributed by atoms with Crippen molar-refractivity contribution in [1.82, 2.24) is 33.6 Å². The normalized spacial score (nSPS) is 11.6. The van der Waals surface area contributed by atoms with Gasteiger partial charge in [0.15, 0.2) is 5.82 Å². The van der Waals surface area contributed by atoms with E-state index in [0.717, 1.165) is 107 Å². The lowest BCUT2D eigenvalue weighted by Gasteiger charge is -2.12. The number of aromatic nitrogens is 7. The van der Waals surface area contributed by atoms with Gasteiger partial charge in [0, 0.05) is 88.3 Å². The van der Waals surface area contributed by atoms with Gasteiger partial charge in [0.1, 0.15) is 0 Å². The third kappa shape index (κ3) is 12.2. The van der Waals surface area contributed by atoms with Gasteiger partial charge in [-0.25, -0.2) is 19.9 Å². The number of rotatable bonds is 12. The van der Waals surface area contributed by atoms with Crippen LogP contribution in [0.5, 0.6) is 0 Å². The molecule has 0 bridgehead atoms. The molecule has 546 valence electrons. The lowest BCUT2D eigenvalue weighted by Crippen LogP contribution is -1.97. The molecule has 0 fully saturated rings. The van der Waals surface area contributed by atoms with E-state index in [1.165, 1.54) is 109 Å². The van der Waals surface area contributed by atoms with Crippen molar-refractivity contribution in [3.8, 4) is 118 Å². The van der Waals surface area contributed by atoms with Crippen LogP contribution in [0.3, 0.4) is 0 Å². The zero-order chi connectivity index (χ0) is 77.3. The summed E-state index contributed by atoms with van der Waals surface area (Å²) in [5.74, 6) is 0.718. The van der Waals surface area contributed by atoms with E-state index in [1.54, 1.807) is 0 Å². The molecule has 0 spiro atoms. The van der Waals surface area contributed by atoms with E-state index >= 15 is 0 Å². The van der Waals surface area contributed by atoms with Crippen molar-refractivity contribution in [2.24, 2.45) is 0 Å². The molecule has 117 heavy (non-hydrogen) atoms. The van der Waals surface area contributed by atoms with Crippen LogP contribution in [0.25, 0.3) is 216 Å². The molecule has 7 heteroatoms. The van der Waals surface area contributed by atoms with Crippen LogP contribution >= 0.6 is 0 Å². The second-order valence-corrected chi connectivity index (χ2v) is 30.0. The van der Waals surface area contributed by atoms with Crippen LogP contribution in [-0.2, 0) is 0 Å². The Kier molecular flexibility index (Phi) is 16.8. The quantitative estimate of drug-likeness (QED) is 0.114. The Morgan fingerprint density at radius 3 is 0.598 bits per heavy atom. The molecule has 0 N–H and O–H groups in total. The van der Waals surface area contributed by atoms with Gasteiger partial charge in [-0.05, 0) is 170 Å². The Morgan fingerprint density at radius 1 is 0.137 bits per heavy atom. The molecule has 24 rings (SSSR count). The molecule has 0 atom stereocenters. The Labute approximate surface area is 675 Å². The fourth-order valence-corrected chi connectivity index (χ4v) is 17.6. The molecule has 0 aliphatic heterocycles. The van der Waals surface area contributed by atoms with E-state index in [1.807, 2.05) is 54.6 Å². The highest BCUT2D eigenvalue weighted by molar-refractivity contribution is 6.26. The Hall–Kier alpha value is -15.7. The van der Waals surface area contributed by atoms with Gasteiger partial charge in [0.2, 0.25) is 0 Å². The minimum atomic E-state index is 0.718. The van der Waals surface area contributed by atoms with Gasteiger partial charge in [-0.2, -0.15) is 0 Å². The SMILES string of the molecule is c1ccc(-c2cc(-c3ccc(-n4c5cccc6ccc7cccc4c7c65)cc3)cc(-c3ccccc3)n2)cc1.c1ccc(-c2cc(-c3ccccc3)nc(-c3ccc(-n4c5cccc6ccc7cccc4c7c65)cc3)c2)cc1.c1ccc(-c2cc(-c3ccccc3)nc(-c3ccc(-n4c5cccc6ccc7cccc4c7c65)cc3)n2)cc1. The third-order valence-corrected chi connectivity index (χ3v) is 23.1. The molecule has 0 unspecified atom stereocenters. The highest BCUT2D eigenvalue weighted by Crippen LogP contribution is 2.44. The van der Waals surface area contributed by atoms with Crippen molar-refractivity contribution >= 4 is 97.7 Å². The molecule has 0 saturated heterocycles. The zero-order valence-electron chi connectivity index (χ0n) is 63.6. The summed E-state index contributed by atoms with van der Waals surface area (Å²) < 4.78 is 7.15. The number of pyridine rings is 2. The predicted molar refractivity (Wildman–Crippen MR) is 489 cm³/mol. The number of nitrogens with zero attached hydrogens (tertiary/aromatic N) is 7. The van der Waals surface area contributed by atoms with Crippen LogP contribution in [0.4, 0.5) is 0 Å². The molecule has 18 aromatic carbocycles. The molecule has 0 aliphatic rings. The summed E-state index contributed by atoms with van der Waals surface area (Å²) in [6, 6.07) is 153. The fraction of sp³-hybridized carbons (Fsp3) is 0. The maximum Gasteiger partial charge on any atom is 0.160 e. The van der Waals surface area contributed by atoms with Gasteiger partial charge in [-0.15, -0.1) is 0 Å². The van der Waals surface area contributed by atoms with Crippen molar-refractivity contribution in [3.05, 3.63) is 431 Å². The third-order valence-electron chi connectivity index (χ3n) is 23.1. The molecule has 6 aromatic heterocycles. The zero-order valence-corrected chi connectivity index (χ0v) is 63.6. The topological polar surface area (TPSA) is 66.3 Å². The maximum absolute atomic E-state index is 5.11. The lowest BCUT2D eigenvalue weighted by molar-refractivity contribution is 1.16. The van der Waals surface area contributed by atoms with E-state index < -0.39 is 0 Å². The summed E-state index contributed by atoms with van der Waals surface area (Å²) in [5, 5.41) is 15.6. The van der Waals surface area contributed by atoms with Crippen LogP contribution in [0, 0.1) is 0 Å². The standard InChI is InChI=1S/2C37H24N2.C36H23N3/c1-3-9-26(10-4-1)32-23-30(24-33(38-32)27-11-5-2-6-12-27)25-19-21-31(22-20-25)39-34-15-7-13-28-17-18-29-14-8-16-35(39)37(29)36(28)34;1-3-9-25(10-4-1)30-23-32(26-11-5-2-6-12-26)38-33(24-30)27-19-21-31(22-20-27)39-34-15-7-13-28-17-18-29-14-8-16-35(39)37(29)36(28)34;1-3-9-24(10-4-1)30-23-31(25-11-5-2-6-12-25)38-36(37-30)28-19-21-29(22-20-28)39-32-15-7-13-26-17-18-27-14-8-16-33(39)35(27)34(26)32/h2*1-24H;1-23H. The maximum atomic E-state index is 5.11. The van der Waals surface area contributed by atoms with E-state index in [4.69, 9.17) is 19.9 Å². The van der Waals surface area contributed by atoms with Gasteiger partial charge in [0.05, 0.1) is 67.3 Å². The summed E-state index contributed by atoms with van der Waals surface area (Å²) in [4.78, 5) is 20.1. The van der Waals surface area contributed by atoms with Gasteiger partial charge in [-0.3, -0.25) is 0 Å². The summed E-state index contributed by atoms with van der Waals surface area (Å²) in [6.45, 7) is 0. The minimum absolute atomic E-state index is 0.718. The van der Waals surface area contributed by atoms with E-state index in [9.17, 15) is 0 Å². The first-order chi connectivity index (χ1) is 58.0. The Balaban J connectivity index is 0.000000106. The number of hydrogen-bond acceptors (Lipinski definition) is 4. The molecular formula is C110H71N7. The van der Waals surface area contributed by atoms with Crippen molar-refractivity contribution in [2.75, 3.05) is 0 Å². The summed E-state index contributed by atoms with van der Waals surface area (Å²) in [5.41, 5.74) is 28.8. The van der Waals surface area contributed by atoms with Gasteiger partial charge < -0.3 is 13.7 Å². The molecule has 0 radical (unpaired) electrons. The summed E-state index contributed by atoms with van der Waals surface area (Å²) >= 11 is 0. The summed E-state index contributed by atoms with van der Waals surface area (Å²) in [6.07, 6.45) is 0. The van der Waals surface area contributed by atoms with Crippen LogP contribution in [0.2, 0.25) is 0 Å². The second kappa shape index (κ2) is 28.8. The van der Waals surface area contributed by atoms with Crippen LogP contribution in [0.15, 0.2) is 431 Å². The first-order valence-electron chi connectivity index (χ1n) is 39.8. The van der Waals surface area contributed by atoms with Gasteiger partial charge in [0.25, 0.3) is 0 Å². The number of hydrogen-bond donors (Lipinski definition) is 0. The van der Waals surface area contributed by atoms with Gasteiger partial charge >= 0.3 is 0 Å². The minimum Gasteiger partial charge on any atom is -0.309 e. The molecule has 0 amide bonds. The monoisotopic (exact) mass is 1490 g/mol. The van der Waals surface area contributed by atoms with Gasteiger partial charge in [-0.1, -0.05) is 315 Å². The average molecular weight is 1490 g/mol. The van der Waals surface area contributed by atoms with Crippen molar-refractivity contribution in [2.45, 2.75) is 0 Å².